The van der Waals surface area contributed by atoms with Crippen LogP contribution in [0.2, 0.25) is 0 Å². The second kappa shape index (κ2) is 6.21. The van der Waals surface area contributed by atoms with Gasteiger partial charge >= 0.3 is 12.0 Å². The van der Waals surface area contributed by atoms with Crippen LogP contribution in [0.1, 0.15) is 17.8 Å². The van der Waals surface area contributed by atoms with Crippen LogP contribution in [0.4, 0.5) is 4.79 Å². The van der Waals surface area contributed by atoms with E-state index in [1.807, 2.05) is 17.5 Å². The Hall–Kier alpha value is -1.60. The van der Waals surface area contributed by atoms with Gasteiger partial charge in [-0.1, -0.05) is 6.07 Å². The minimum atomic E-state index is -1.29. The van der Waals surface area contributed by atoms with E-state index in [1.165, 1.54) is 11.3 Å². The second-order valence-corrected chi connectivity index (χ2v) is 4.41. The van der Waals surface area contributed by atoms with Gasteiger partial charge in [0.05, 0.1) is 12.6 Å². The minimum Gasteiger partial charge on any atom is -0.480 e. The number of carboxylic acids is 1. The van der Waals surface area contributed by atoms with E-state index in [0.29, 0.717) is 0 Å². The number of urea groups is 1. The fourth-order valence-corrected chi connectivity index (χ4v) is 1.93. The van der Waals surface area contributed by atoms with Crippen LogP contribution in [0.25, 0.3) is 0 Å². The van der Waals surface area contributed by atoms with Gasteiger partial charge in [-0.15, -0.1) is 11.3 Å². The maximum atomic E-state index is 11.4. The monoisotopic (exact) mass is 258 g/mol. The summed E-state index contributed by atoms with van der Waals surface area (Å²) >= 11 is 1.50. The van der Waals surface area contributed by atoms with Crippen molar-refractivity contribution in [2.45, 2.75) is 19.0 Å². The van der Waals surface area contributed by atoms with Crippen molar-refractivity contribution >= 4 is 23.3 Å². The number of amides is 2. The highest BCUT2D eigenvalue weighted by Crippen LogP contribution is 2.17. The highest BCUT2D eigenvalue weighted by atomic mass is 32.1. The van der Waals surface area contributed by atoms with Gasteiger partial charge in [0.2, 0.25) is 0 Å². The summed E-state index contributed by atoms with van der Waals surface area (Å²) in [5, 5.41) is 24.0. The van der Waals surface area contributed by atoms with E-state index in [2.05, 4.69) is 10.6 Å². The third-order valence-electron chi connectivity index (χ3n) is 2.10. The third-order valence-corrected chi connectivity index (χ3v) is 3.16. The molecule has 17 heavy (non-hydrogen) atoms. The number of rotatable bonds is 5. The Balaban J connectivity index is 2.47. The lowest BCUT2D eigenvalue weighted by atomic mass is 10.3. The molecule has 0 aliphatic heterocycles. The van der Waals surface area contributed by atoms with E-state index in [-0.39, 0.29) is 6.04 Å². The molecule has 1 aromatic heterocycles. The summed E-state index contributed by atoms with van der Waals surface area (Å²) in [6.07, 6.45) is 0. The Bertz CT molecular complexity index is 380. The van der Waals surface area contributed by atoms with E-state index in [1.54, 1.807) is 6.92 Å². The molecule has 0 saturated heterocycles. The predicted octanol–water partition coefficient (Wildman–Crippen LogP) is 0.554. The topological polar surface area (TPSA) is 98.7 Å². The summed E-state index contributed by atoms with van der Waals surface area (Å²) in [5.74, 6) is -1.27. The molecule has 0 aliphatic carbocycles. The predicted molar refractivity (Wildman–Crippen MR) is 62.9 cm³/mol. The quantitative estimate of drug-likeness (QED) is 0.620. The van der Waals surface area contributed by atoms with Crippen LogP contribution in [0, 0.1) is 0 Å². The number of carbonyl (C=O) groups is 2. The Labute approximate surface area is 102 Å². The lowest BCUT2D eigenvalue weighted by Gasteiger charge is -2.16. The molecular weight excluding hydrogens is 244 g/mol. The number of thiophene rings is 1. The Morgan fingerprint density at radius 1 is 1.47 bits per heavy atom. The van der Waals surface area contributed by atoms with Crippen LogP contribution < -0.4 is 10.6 Å². The molecule has 0 radical (unpaired) electrons. The molecule has 2 amide bonds. The average Bonchev–Trinajstić information content (AvgIpc) is 2.78. The molecule has 0 bridgehead atoms. The molecule has 7 heteroatoms. The number of carboxylic acid groups (broad SMARTS) is 1. The number of carbonyl (C=O) groups excluding carboxylic acids is 1. The number of hydrogen-bond acceptors (Lipinski definition) is 4. The number of aliphatic carboxylic acids is 1. The molecular formula is C10H14N2O4S. The van der Waals surface area contributed by atoms with E-state index >= 15 is 0 Å². The van der Waals surface area contributed by atoms with Crippen molar-refractivity contribution in [3.05, 3.63) is 22.4 Å². The first-order valence-electron chi connectivity index (χ1n) is 4.98. The molecule has 94 valence electrons. The highest BCUT2D eigenvalue weighted by Gasteiger charge is 2.19. The van der Waals surface area contributed by atoms with Crippen LogP contribution in [0.3, 0.4) is 0 Å². The molecule has 0 aliphatic rings. The number of nitrogens with one attached hydrogen (secondary N) is 2. The Kier molecular flexibility index (Phi) is 4.92. The summed E-state index contributed by atoms with van der Waals surface area (Å²) in [4.78, 5) is 23.0. The maximum Gasteiger partial charge on any atom is 0.328 e. The van der Waals surface area contributed by atoms with E-state index < -0.39 is 24.6 Å². The fraction of sp³-hybridized carbons (Fsp3) is 0.400. The van der Waals surface area contributed by atoms with Crippen molar-refractivity contribution in [1.82, 2.24) is 10.6 Å². The molecule has 0 aromatic carbocycles. The molecule has 0 spiro atoms. The van der Waals surface area contributed by atoms with Gasteiger partial charge < -0.3 is 20.8 Å². The van der Waals surface area contributed by atoms with Gasteiger partial charge in [-0.25, -0.2) is 9.59 Å². The summed E-state index contributed by atoms with van der Waals surface area (Å²) in [6, 6.07) is 1.63. The summed E-state index contributed by atoms with van der Waals surface area (Å²) in [5.41, 5.74) is 0. The first-order valence-corrected chi connectivity index (χ1v) is 5.86. The molecule has 1 unspecified atom stereocenters. The zero-order valence-electron chi connectivity index (χ0n) is 9.21. The van der Waals surface area contributed by atoms with Crippen molar-refractivity contribution in [3.63, 3.8) is 0 Å². The molecule has 1 rings (SSSR count). The van der Waals surface area contributed by atoms with E-state index in [4.69, 9.17) is 10.2 Å². The van der Waals surface area contributed by atoms with Crippen LogP contribution >= 0.6 is 11.3 Å². The Morgan fingerprint density at radius 2 is 2.18 bits per heavy atom. The summed E-state index contributed by atoms with van der Waals surface area (Å²) in [7, 11) is 0. The first-order chi connectivity index (χ1) is 8.04. The van der Waals surface area contributed by atoms with Crippen LogP contribution in [-0.4, -0.2) is 34.9 Å². The number of aliphatic hydroxyl groups is 1. The lowest BCUT2D eigenvalue weighted by molar-refractivity contribution is -0.140. The summed E-state index contributed by atoms with van der Waals surface area (Å²) < 4.78 is 0. The van der Waals surface area contributed by atoms with E-state index in [9.17, 15) is 9.59 Å². The van der Waals surface area contributed by atoms with E-state index in [0.717, 1.165) is 4.88 Å². The smallest absolute Gasteiger partial charge is 0.328 e. The van der Waals surface area contributed by atoms with Gasteiger partial charge in [-0.05, 0) is 18.4 Å². The Morgan fingerprint density at radius 3 is 2.65 bits per heavy atom. The highest BCUT2D eigenvalue weighted by molar-refractivity contribution is 7.10. The third kappa shape index (κ3) is 4.04. The van der Waals surface area contributed by atoms with Crippen molar-refractivity contribution in [2.75, 3.05) is 6.61 Å². The van der Waals surface area contributed by atoms with Crippen molar-refractivity contribution < 1.29 is 19.8 Å². The molecule has 1 aromatic rings. The van der Waals surface area contributed by atoms with Gasteiger partial charge in [-0.2, -0.15) is 0 Å². The molecule has 6 nitrogen and oxygen atoms in total. The second-order valence-electron chi connectivity index (χ2n) is 3.43. The lowest BCUT2D eigenvalue weighted by Crippen LogP contribution is -2.48. The molecule has 4 N–H and O–H groups in total. The van der Waals surface area contributed by atoms with Crippen molar-refractivity contribution in [1.29, 1.82) is 0 Å². The van der Waals surface area contributed by atoms with Crippen LogP contribution in [-0.2, 0) is 4.79 Å². The average molecular weight is 258 g/mol. The first kappa shape index (κ1) is 13.5. The van der Waals surface area contributed by atoms with Crippen molar-refractivity contribution in [2.24, 2.45) is 0 Å². The number of hydrogen-bond donors (Lipinski definition) is 4. The zero-order chi connectivity index (χ0) is 12.8. The molecule has 0 saturated carbocycles. The normalized spacial score (nSPS) is 13.8. The van der Waals surface area contributed by atoms with Gasteiger partial charge in [0.1, 0.15) is 0 Å². The zero-order valence-corrected chi connectivity index (χ0v) is 10.0. The largest absolute Gasteiger partial charge is 0.480 e. The maximum absolute atomic E-state index is 11.4. The van der Waals surface area contributed by atoms with Gasteiger partial charge in [0.15, 0.2) is 6.04 Å². The molecule has 0 fully saturated rings. The van der Waals surface area contributed by atoms with Gasteiger partial charge in [0, 0.05) is 4.88 Å². The van der Waals surface area contributed by atoms with Gasteiger partial charge in [0.25, 0.3) is 0 Å². The molecule has 2 atom stereocenters. The van der Waals surface area contributed by atoms with Crippen LogP contribution in [0.5, 0.6) is 0 Å². The van der Waals surface area contributed by atoms with Crippen LogP contribution in [0.15, 0.2) is 17.5 Å². The fourth-order valence-electron chi connectivity index (χ4n) is 1.19. The standard InChI is InChI=1S/C10H14N2O4S/c1-6(8-3-2-4-17-8)11-10(16)12-7(5-13)9(14)15/h2-4,6-7,13H,5H2,1H3,(H,14,15)(H2,11,12,16)/t6?,7-/m1/s1. The number of aliphatic hydroxyl groups excluding tert-OH is 1. The summed E-state index contributed by atoms with van der Waals surface area (Å²) in [6.45, 7) is 1.15. The van der Waals surface area contributed by atoms with Gasteiger partial charge in [-0.3, -0.25) is 0 Å². The molecule has 1 heterocycles. The van der Waals surface area contributed by atoms with Crippen molar-refractivity contribution in [3.8, 4) is 0 Å². The SMILES string of the molecule is CC(NC(=O)N[C@H](CO)C(=O)O)c1cccs1. The minimum absolute atomic E-state index is 0.205.